The Kier molecular flexibility index (Phi) is 2.93. The molecule has 0 N–H and O–H groups in total. The van der Waals surface area contributed by atoms with Crippen LogP contribution in [0.4, 0.5) is 0 Å². The maximum Gasteiger partial charge on any atom is 0.134 e. The van der Waals surface area contributed by atoms with Crippen molar-refractivity contribution < 1.29 is 0 Å². The highest BCUT2D eigenvalue weighted by atomic mass is 35.5. The van der Waals surface area contributed by atoms with Crippen LogP contribution in [0.25, 0.3) is 0 Å². The van der Waals surface area contributed by atoms with Gasteiger partial charge in [0.15, 0.2) is 0 Å². The predicted octanol–water partition coefficient (Wildman–Crippen LogP) is 2.94. The van der Waals surface area contributed by atoms with Crippen molar-refractivity contribution in [2.45, 2.75) is 13.5 Å². The fourth-order valence-corrected chi connectivity index (χ4v) is 1.62. The summed E-state index contributed by atoms with van der Waals surface area (Å²) in [6, 6.07) is 3.76. The number of nitrogens with zero attached hydrogens (tertiary/aromatic N) is 3. The van der Waals surface area contributed by atoms with E-state index in [9.17, 15) is 0 Å². The van der Waals surface area contributed by atoms with Crippen LogP contribution in [0, 0.1) is 6.92 Å². The van der Waals surface area contributed by atoms with Gasteiger partial charge in [0.1, 0.15) is 5.15 Å². The summed E-state index contributed by atoms with van der Waals surface area (Å²) in [6.07, 6.45) is 3.44. The molecule has 2 aromatic rings. The zero-order valence-electron chi connectivity index (χ0n) is 8.11. The highest BCUT2D eigenvalue weighted by Crippen LogP contribution is 2.16. The molecule has 78 valence electrons. The summed E-state index contributed by atoms with van der Waals surface area (Å²) in [6.45, 7) is 2.45. The second kappa shape index (κ2) is 4.21. The summed E-state index contributed by atoms with van der Waals surface area (Å²) in [5.74, 6) is 0. The number of hydrogen-bond acceptors (Lipinski definition) is 2. The third-order valence-corrected chi connectivity index (χ3v) is 2.77. The first-order valence-electron chi connectivity index (χ1n) is 4.46. The van der Waals surface area contributed by atoms with E-state index in [1.807, 2.05) is 19.1 Å². The Hall–Kier alpha value is -1.06. The summed E-state index contributed by atoms with van der Waals surface area (Å²) < 4.78 is 1.75. The molecule has 0 radical (unpaired) electrons. The molecule has 2 aromatic heterocycles. The normalized spacial score (nSPS) is 10.6. The van der Waals surface area contributed by atoms with Crippen LogP contribution >= 0.6 is 23.2 Å². The SMILES string of the molecule is Cc1nn(Cc2cccnc2Cl)cc1Cl. The van der Waals surface area contributed by atoms with Crippen molar-refractivity contribution >= 4 is 23.2 Å². The van der Waals surface area contributed by atoms with Crippen LogP contribution in [0.3, 0.4) is 0 Å². The molecule has 2 rings (SSSR count). The van der Waals surface area contributed by atoms with Gasteiger partial charge in [0.05, 0.1) is 17.3 Å². The minimum Gasteiger partial charge on any atom is -0.266 e. The van der Waals surface area contributed by atoms with Crippen LogP contribution in [-0.4, -0.2) is 14.8 Å². The zero-order valence-corrected chi connectivity index (χ0v) is 9.63. The molecule has 2 heterocycles. The number of pyridine rings is 1. The lowest BCUT2D eigenvalue weighted by atomic mass is 10.3. The minimum atomic E-state index is 0.502. The fourth-order valence-electron chi connectivity index (χ4n) is 1.29. The lowest BCUT2D eigenvalue weighted by Crippen LogP contribution is -2.01. The van der Waals surface area contributed by atoms with Crippen LogP contribution in [0.5, 0.6) is 0 Å². The van der Waals surface area contributed by atoms with Gasteiger partial charge < -0.3 is 0 Å². The van der Waals surface area contributed by atoms with E-state index >= 15 is 0 Å². The molecule has 0 fully saturated rings. The summed E-state index contributed by atoms with van der Waals surface area (Å²) in [4.78, 5) is 4.00. The molecular formula is C10H9Cl2N3. The molecule has 0 aliphatic heterocycles. The topological polar surface area (TPSA) is 30.7 Å². The van der Waals surface area contributed by atoms with E-state index in [0.29, 0.717) is 16.7 Å². The quantitative estimate of drug-likeness (QED) is 0.758. The highest BCUT2D eigenvalue weighted by Gasteiger charge is 2.05. The zero-order chi connectivity index (χ0) is 10.8. The minimum absolute atomic E-state index is 0.502. The largest absolute Gasteiger partial charge is 0.266 e. The van der Waals surface area contributed by atoms with E-state index in [1.165, 1.54) is 0 Å². The van der Waals surface area contributed by atoms with Gasteiger partial charge in [-0.25, -0.2) is 4.98 Å². The third kappa shape index (κ3) is 2.30. The van der Waals surface area contributed by atoms with E-state index in [2.05, 4.69) is 10.1 Å². The van der Waals surface area contributed by atoms with Crippen molar-refractivity contribution in [1.82, 2.24) is 14.8 Å². The monoisotopic (exact) mass is 241 g/mol. The Morgan fingerprint density at radius 3 is 2.80 bits per heavy atom. The van der Waals surface area contributed by atoms with Gasteiger partial charge in [-0.2, -0.15) is 5.10 Å². The average Bonchev–Trinajstić information content (AvgIpc) is 2.50. The van der Waals surface area contributed by atoms with Crippen molar-refractivity contribution in [3.05, 3.63) is 46.0 Å². The van der Waals surface area contributed by atoms with E-state index in [4.69, 9.17) is 23.2 Å². The molecule has 0 spiro atoms. The van der Waals surface area contributed by atoms with E-state index in [0.717, 1.165) is 11.3 Å². The Balaban J connectivity index is 2.26. The van der Waals surface area contributed by atoms with Crippen LogP contribution in [0.2, 0.25) is 10.2 Å². The lowest BCUT2D eigenvalue weighted by Gasteiger charge is -2.02. The number of rotatable bonds is 2. The first-order valence-corrected chi connectivity index (χ1v) is 5.21. The highest BCUT2D eigenvalue weighted by molar-refractivity contribution is 6.31. The molecule has 0 amide bonds. The first-order chi connectivity index (χ1) is 7.16. The molecule has 5 heteroatoms. The Morgan fingerprint density at radius 1 is 1.40 bits per heavy atom. The maximum absolute atomic E-state index is 5.94. The Bertz CT molecular complexity index is 460. The Morgan fingerprint density at radius 2 is 2.20 bits per heavy atom. The van der Waals surface area contributed by atoms with Crippen molar-refractivity contribution in [2.24, 2.45) is 0 Å². The molecule has 0 aliphatic rings. The van der Waals surface area contributed by atoms with Crippen molar-refractivity contribution in [1.29, 1.82) is 0 Å². The number of halogens is 2. The smallest absolute Gasteiger partial charge is 0.134 e. The molecule has 15 heavy (non-hydrogen) atoms. The number of aromatic nitrogens is 3. The van der Waals surface area contributed by atoms with Gasteiger partial charge in [-0.15, -0.1) is 0 Å². The standard InChI is InChI=1S/C10H9Cl2N3/c1-7-9(11)6-15(14-7)5-8-3-2-4-13-10(8)12/h2-4,6H,5H2,1H3. The van der Waals surface area contributed by atoms with Gasteiger partial charge in [0.2, 0.25) is 0 Å². The third-order valence-electron chi connectivity index (χ3n) is 2.06. The number of aryl methyl sites for hydroxylation is 1. The fraction of sp³-hybridized carbons (Fsp3) is 0.200. The van der Waals surface area contributed by atoms with Gasteiger partial charge in [-0.3, -0.25) is 4.68 Å². The molecular weight excluding hydrogens is 233 g/mol. The second-order valence-electron chi connectivity index (χ2n) is 3.21. The molecule has 0 atom stereocenters. The lowest BCUT2D eigenvalue weighted by molar-refractivity contribution is 0.678. The van der Waals surface area contributed by atoms with Gasteiger partial charge in [-0.05, 0) is 13.0 Å². The molecule has 0 aromatic carbocycles. The van der Waals surface area contributed by atoms with Crippen molar-refractivity contribution in [3.63, 3.8) is 0 Å². The van der Waals surface area contributed by atoms with E-state index in [1.54, 1.807) is 17.1 Å². The van der Waals surface area contributed by atoms with Gasteiger partial charge in [0, 0.05) is 18.0 Å². The van der Waals surface area contributed by atoms with Crippen LogP contribution < -0.4 is 0 Å². The van der Waals surface area contributed by atoms with Crippen LogP contribution in [0.1, 0.15) is 11.3 Å². The van der Waals surface area contributed by atoms with E-state index in [-0.39, 0.29) is 0 Å². The van der Waals surface area contributed by atoms with Gasteiger partial charge >= 0.3 is 0 Å². The van der Waals surface area contributed by atoms with Gasteiger partial charge in [-0.1, -0.05) is 29.3 Å². The molecule has 0 saturated carbocycles. The average molecular weight is 242 g/mol. The van der Waals surface area contributed by atoms with E-state index < -0.39 is 0 Å². The molecule has 0 unspecified atom stereocenters. The molecule has 0 bridgehead atoms. The second-order valence-corrected chi connectivity index (χ2v) is 3.98. The summed E-state index contributed by atoms with van der Waals surface area (Å²) >= 11 is 11.8. The summed E-state index contributed by atoms with van der Waals surface area (Å²) in [5.41, 5.74) is 1.75. The molecule has 0 saturated heterocycles. The van der Waals surface area contributed by atoms with Crippen molar-refractivity contribution in [3.8, 4) is 0 Å². The predicted molar refractivity (Wildman–Crippen MR) is 60.3 cm³/mol. The Labute approximate surface area is 97.7 Å². The van der Waals surface area contributed by atoms with Crippen LogP contribution in [-0.2, 0) is 6.54 Å². The molecule has 3 nitrogen and oxygen atoms in total. The molecule has 0 aliphatic carbocycles. The maximum atomic E-state index is 5.94. The first kappa shape index (κ1) is 10.5. The summed E-state index contributed by atoms with van der Waals surface area (Å²) in [5, 5.41) is 5.41. The van der Waals surface area contributed by atoms with Crippen molar-refractivity contribution in [2.75, 3.05) is 0 Å². The van der Waals surface area contributed by atoms with Gasteiger partial charge in [0.25, 0.3) is 0 Å². The number of hydrogen-bond donors (Lipinski definition) is 0. The summed E-state index contributed by atoms with van der Waals surface area (Å²) in [7, 11) is 0. The van der Waals surface area contributed by atoms with Crippen LogP contribution in [0.15, 0.2) is 24.5 Å².